The van der Waals surface area contributed by atoms with Crippen LogP contribution < -0.4 is 10.6 Å². The van der Waals surface area contributed by atoms with Gasteiger partial charge in [0.15, 0.2) is 5.96 Å². The van der Waals surface area contributed by atoms with Crippen LogP contribution in [-0.4, -0.2) is 26.7 Å². The predicted octanol–water partition coefficient (Wildman–Crippen LogP) is 1.82. The number of hydrogen-bond donors (Lipinski definition) is 2. The van der Waals surface area contributed by atoms with Crippen molar-refractivity contribution in [3.63, 3.8) is 0 Å². The van der Waals surface area contributed by atoms with Crippen LogP contribution in [0.1, 0.15) is 11.1 Å². The normalized spacial score (nSPS) is 11.2. The molecule has 1 aromatic carbocycles. The Bertz CT molecular complexity index is 446. The predicted molar refractivity (Wildman–Crippen MR) is 75.5 cm³/mol. The molecule has 0 aromatic heterocycles. The zero-order chi connectivity index (χ0) is 14.1. The molecule has 1 aromatic rings. The number of nitrogens with one attached hydrogen (secondary N) is 2. The summed E-state index contributed by atoms with van der Waals surface area (Å²) in [6.07, 6.45) is 1.75. The summed E-state index contributed by atoms with van der Waals surface area (Å²) in [4.78, 5) is 4.06. The van der Waals surface area contributed by atoms with Gasteiger partial charge in [-0.3, -0.25) is 4.99 Å². The fourth-order valence-corrected chi connectivity index (χ4v) is 1.58. The van der Waals surface area contributed by atoms with Gasteiger partial charge in [0.25, 0.3) is 0 Å². The Morgan fingerprint density at radius 3 is 2.89 bits per heavy atom. The second kappa shape index (κ2) is 8.26. The number of ether oxygens (including phenoxy) is 1. The molecule has 0 radical (unpaired) electrons. The first-order valence-electron chi connectivity index (χ1n) is 6.03. The number of methoxy groups -OCH3 is 1. The lowest BCUT2D eigenvalue weighted by molar-refractivity contribution is 0.181. The Morgan fingerprint density at radius 2 is 2.26 bits per heavy atom. The third kappa shape index (κ3) is 5.09. The van der Waals surface area contributed by atoms with Crippen molar-refractivity contribution in [1.29, 1.82) is 0 Å². The maximum Gasteiger partial charge on any atom is 0.191 e. The number of guanidine groups is 1. The highest BCUT2D eigenvalue weighted by molar-refractivity contribution is 5.79. The van der Waals surface area contributed by atoms with E-state index in [0.717, 1.165) is 5.56 Å². The van der Waals surface area contributed by atoms with Crippen LogP contribution in [0.5, 0.6) is 0 Å². The minimum absolute atomic E-state index is 0.250. The van der Waals surface area contributed by atoms with Crippen LogP contribution in [-0.2, 0) is 17.9 Å². The lowest BCUT2D eigenvalue weighted by atomic mass is 10.1. The second-order valence-corrected chi connectivity index (χ2v) is 3.95. The third-order valence-electron chi connectivity index (χ3n) is 2.51. The molecule has 0 saturated heterocycles. The molecule has 4 nitrogen and oxygen atoms in total. The van der Waals surface area contributed by atoms with E-state index in [1.54, 1.807) is 32.4 Å². The maximum absolute atomic E-state index is 13.4. The van der Waals surface area contributed by atoms with E-state index >= 15 is 0 Å². The van der Waals surface area contributed by atoms with Gasteiger partial charge in [0.05, 0.1) is 6.61 Å². The van der Waals surface area contributed by atoms with E-state index in [2.05, 4.69) is 22.2 Å². The van der Waals surface area contributed by atoms with E-state index in [-0.39, 0.29) is 12.4 Å². The van der Waals surface area contributed by atoms with Gasteiger partial charge in [-0.1, -0.05) is 12.1 Å². The molecule has 0 aliphatic carbocycles. The van der Waals surface area contributed by atoms with Crippen LogP contribution in [0.25, 0.3) is 0 Å². The minimum atomic E-state index is -0.250. The molecule has 0 aliphatic rings. The van der Waals surface area contributed by atoms with Gasteiger partial charge in [0.1, 0.15) is 5.82 Å². The minimum Gasteiger partial charge on any atom is -0.380 e. The molecule has 0 saturated carbocycles. The topological polar surface area (TPSA) is 45.7 Å². The largest absolute Gasteiger partial charge is 0.380 e. The number of aliphatic imine (C=N–C) groups is 1. The number of benzene rings is 1. The molecule has 0 fully saturated rings. The SMILES string of the molecule is C=CCNC(=NC)NCc1ccc(F)c(COC)c1. The maximum atomic E-state index is 13.4. The molecule has 104 valence electrons. The van der Waals surface area contributed by atoms with Crippen molar-refractivity contribution >= 4 is 5.96 Å². The Balaban J connectivity index is 2.61. The van der Waals surface area contributed by atoms with Gasteiger partial charge in [-0.05, 0) is 17.7 Å². The van der Waals surface area contributed by atoms with Crippen molar-refractivity contribution < 1.29 is 9.13 Å². The number of halogens is 1. The average Bonchev–Trinajstić information content (AvgIpc) is 2.42. The first-order chi connectivity index (χ1) is 9.21. The second-order valence-electron chi connectivity index (χ2n) is 3.95. The molecule has 0 unspecified atom stereocenters. The molecule has 0 bridgehead atoms. The number of rotatable bonds is 6. The highest BCUT2D eigenvalue weighted by atomic mass is 19.1. The number of hydrogen-bond acceptors (Lipinski definition) is 2. The van der Waals surface area contributed by atoms with E-state index in [1.807, 2.05) is 0 Å². The van der Waals surface area contributed by atoms with E-state index in [9.17, 15) is 4.39 Å². The van der Waals surface area contributed by atoms with Crippen LogP contribution in [0.2, 0.25) is 0 Å². The highest BCUT2D eigenvalue weighted by Gasteiger charge is 2.04. The van der Waals surface area contributed by atoms with Gasteiger partial charge in [-0.2, -0.15) is 0 Å². The highest BCUT2D eigenvalue weighted by Crippen LogP contribution is 2.11. The fourth-order valence-electron chi connectivity index (χ4n) is 1.58. The Morgan fingerprint density at radius 1 is 1.47 bits per heavy atom. The van der Waals surface area contributed by atoms with E-state index in [0.29, 0.717) is 24.6 Å². The molecule has 19 heavy (non-hydrogen) atoms. The molecular weight excluding hydrogens is 245 g/mol. The molecule has 0 aliphatic heterocycles. The van der Waals surface area contributed by atoms with Crippen molar-refractivity contribution in [1.82, 2.24) is 10.6 Å². The first kappa shape index (κ1) is 15.2. The summed E-state index contributed by atoms with van der Waals surface area (Å²) in [7, 11) is 3.24. The van der Waals surface area contributed by atoms with Crippen molar-refractivity contribution in [3.8, 4) is 0 Å². The van der Waals surface area contributed by atoms with Gasteiger partial charge in [-0.15, -0.1) is 6.58 Å². The van der Waals surface area contributed by atoms with Crippen molar-refractivity contribution in [2.45, 2.75) is 13.2 Å². The molecule has 2 N–H and O–H groups in total. The zero-order valence-electron chi connectivity index (χ0n) is 11.4. The van der Waals surface area contributed by atoms with Crippen molar-refractivity contribution in [2.24, 2.45) is 4.99 Å². The van der Waals surface area contributed by atoms with Crippen LogP contribution >= 0.6 is 0 Å². The summed E-state index contributed by atoms with van der Waals surface area (Å²) in [6.45, 7) is 5.09. The lowest BCUT2D eigenvalue weighted by Gasteiger charge is -2.11. The first-order valence-corrected chi connectivity index (χ1v) is 6.03. The summed E-state index contributed by atoms with van der Waals surface area (Å²) >= 11 is 0. The molecule has 0 heterocycles. The smallest absolute Gasteiger partial charge is 0.191 e. The summed E-state index contributed by atoms with van der Waals surface area (Å²) < 4.78 is 18.4. The Labute approximate surface area is 113 Å². The van der Waals surface area contributed by atoms with Crippen LogP contribution in [0.15, 0.2) is 35.8 Å². The zero-order valence-corrected chi connectivity index (χ0v) is 11.4. The van der Waals surface area contributed by atoms with Crippen LogP contribution in [0, 0.1) is 5.82 Å². The van der Waals surface area contributed by atoms with Gasteiger partial charge in [0.2, 0.25) is 0 Å². The fraction of sp³-hybridized carbons (Fsp3) is 0.357. The van der Waals surface area contributed by atoms with E-state index in [4.69, 9.17) is 4.74 Å². The molecule has 0 atom stereocenters. The monoisotopic (exact) mass is 265 g/mol. The third-order valence-corrected chi connectivity index (χ3v) is 2.51. The summed E-state index contributed by atoms with van der Waals surface area (Å²) in [5, 5.41) is 6.20. The van der Waals surface area contributed by atoms with Gasteiger partial charge < -0.3 is 15.4 Å². The quantitative estimate of drug-likeness (QED) is 0.468. The summed E-state index contributed by atoms with van der Waals surface area (Å²) in [5.74, 6) is 0.428. The van der Waals surface area contributed by atoms with E-state index in [1.165, 1.54) is 6.07 Å². The van der Waals surface area contributed by atoms with Gasteiger partial charge in [0, 0.05) is 32.8 Å². The average molecular weight is 265 g/mol. The van der Waals surface area contributed by atoms with Crippen LogP contribution in [0.4, 0.5) is 4.39 Å². The summed E-state index contributed by atoms with van der Waals surface area (Å²) in [6, 6.07) is 4.97. The van der Waals surface area contributed by atoms with Crippen molar-refractivity contribution in [3.05, 3.63) is 47.8 Å². The summed E-state index contributed by atoms with van der Waals surface area (Å²) in [5.41, 5.74) is 1.52. The Hall–Kier alpha value is -1.88. The van der Waals surface area contributed by atoms with Crippen LogP contribution in [0.3, 0.4) is 0 Å². The molecule has 0 spiro atoms. The standard InChI is InChI=1S/C14H20FN3O/c1-4-7-17-14(16-2)18-9-11-5-6-13(15)12(8-11)10-19-3/h4-6,8H,1,7,9-10H2,2-3H3,(H2,16,17,18). The molecule has 1 rings (SSSR count). The Kier molecular flexibility index (Phi) is 6.60. The molecular formula is C14H20FN3O. The molecule has 0 amide bonds. The van der Waals surface area contributed by atoms with Gasteiger partial charge in [-0.25, -0.2) is 4.39 Å². The van der Waals surface area contributed by atoms with E-state index < -0.39 is 0 Å². The molecule has 5 heteroatoms. The number of nitrogens with zero attached hydrogens (tertiary/aromatic N) is 1. The van der Waals surface area contributed by atoms with Gasteiger partial charge >= 0.3 is 0 Å². The lowest BCUT2D eigenvalue weighted by Crippen LogP contribution is -2.36. The van der Waals surface area contributed by atoms with Crippen molar-refractivity contribution in [2.75, 3.05) is 20.7 Å².